The number of nitrogens with zero attached hydrogens (tertiary/aromatic N) is 4. The molecular formula is C17H21N5O. The molecule has 0 amide bonds. The number of benzene rings is 1. The van der Waals surface area contributed by atoms with Gasteiger partial charge in [0.25, 0.3) is 0 Å². The van der Waals surface area contributed by atoms with Crippen LogP contribution in [0.15, 0.2) is 53.3 Å². The van der Waals surface area contributed by atoms with Crippen LogP contribution < -0.4 is 5.32 Å². The zero-order valence-electron chi connectivity index (χ0n) is 13.4. The molecule has 0 saturated carbocycles. The van der Waals surface area contributed by atoms with Crippen molar-refractivity contribution in [3.05, 3.63) is 66.1 Å². The predicted octanol–water partition coefficient (Wildman–Crippen LogP) is 2.60. The second kappa shape index (κ2) is 7.19. The van der Waals surface area contributed by atoms with E-state index in [9.17, 15) is 0 Å². The molecule has 6 nitrogen and oxygen atoms in total. The average Bonchev–Trinajstić information content (AvgIpc) is 3.25. The maximum Gasteiger partial charge on any atom is 0.240 e. The highest BCUT2D eigenvalue weighted by atomic mass is 16.5. The molecule has 1 N–H and O–H groups in total. The predicted molar refractivity (Wildman–Crippen MR) is 86.8 cm³/mol. The largest absolute Gasteiger partial charge is 0.338 e. The Kier molecular flexibility index (Phi) is 4.83. The van der Waals surface area contributed by atoms with Gasteiger partial charge >= 0.3 is 0 Å². The minimum Gasteiger partial charge on any atom is -0.338 e. The summed E-state index contributed by atoms with van der Waals surface area (Å²) in [7, 11) is 0. The van der Waals surface area contributed by atoms with Gasteiger partial charge in [0.15, 0.2) is 5.82 Å². The van der Waals surface area contributed by atoms with Crippen LogP contribution >= 0.6 is 0 Å². The molecule has 0 aliphatic heterocycles. The fourth-order valence-corrected chi connectivity index (χ4v) is 2.38. The number of rotatable bonds is 7. The molecule has 0 aliphatic carbocycles. The molecule has 3 aromatic rings. The topological polar surface area (TPSA) is 68.8 Å². The Morgan fingerprint density at radius 3 is 2.74 bits per heavy atom. The van der Waals surface area contributed by atoms with Crippen molar-refractivity contribution in [3.63, 3.8) is 0 Å². The lowest BCUT2D eigenvalue weighted by Gasteiger charge is -2.20. The molecule has 6 heteroatoms. The van der Waals surface area contributed by atoms with Gasteiger partial charge in [-0.1, -0.05) is 35.5 Å². The van der Waals surface area contributed by atoms with Gasteiger partial charge in [0, 0.05) is 24.9 Å². The SMILES string of the molecule is C[C@@H](NCc1nc(Cc2ccccc2)no1)[C@H](C)n1cccn1. The van der Waals surface area contributed by atoms with Gasteiger partial charge in [0.2, 0.25) is 5.89 Å². The Hall–Kier alpha value is -2.47. The zero-order valence-corrected chi connectivity index (χ0v) is 13.4. The molecule has 0 spiro atoms. The van der Waals surface area contributed by atoms with E-state index in [4.69, 9.17) is 4.52 Å². The summed E-state index contributed by atoms with van der Waals surface area (Å²) in [6, 6.07) is 12.5. The van der Waals surface area contributed by atoms with Crippen LogP contribution in [-0.2, 0) is 13.0 Å². The van der Waals surface area contributed by atoms with Gasteiger partial charge in [-0.3, -0.25) is 4.68 Å². The summed E-state index contributed by atoms with van der Waals surface area (Å²) in [5, 5.41) is 11.7. The molecule has 0 aliphatic rings. The van der Waals surface area contributed by atoms with Gasteiger partial charge in [-0.25, -0.2) is 0 Å². The average molecular weight is 311 g/mol. The quantitative estimate of drug-likeness (QED) is 0.726. The smallest absolute Gasteiger partial charge is 0.240 e. The van der Waals surface area contributed by atoms with E-state index in [-0.39, 0.29) is 12.1 Å². The summed E-state index contributed by atoms with van der Waals surface area (Å²) >= 11 is 0. The minimum absolute atomic E-state index is 0.236. The first-order valence-corrected chi connectivity index (χ1v) is 7.80. The highest BCUT2D eigenvalue weighted by Crippen LogP contribution is 2.10. The minimum atomic E-state index is 0.236. The molecule has 2 atom stereocenters. The van der Waals surface area contributed by atoms with Crippen molar-refractivity contribution < 1.29 is 4.52 Å². The van der Waals surface area contributed by atoms with Crippen LogP contribution in [-0.4, -0.2) is 26.0 Å². The molecule has 2 aromatic heterocycles. The van der Waals surface area contributed by atoms with Crippen LogP contribution in [0.5, 0.6) is 0 Å². The van der Waals surface area contributed by atoms with Gasteiger partial charge in [0.1, 0.15) is 0 Å². The summed E-state index contributed by atoms with van der Waals surface area (Å²) in [6.07, 6.45) is 4.44. The number of hydrogen-bond donors (Lipinski definition) is 1. The second-order valence-corrected chi connectivity index (χ2v) is 5.66. The van der Waals surface area contributed by atoms with Gasteiger partial charge in [-0.15, -0.1) is 0 Å². The van der Waals surface area contributed by atoms with Crippen LogP contribution in [0.1, 0.15) is 37.2 Å². The fourth-order valence-electron chi connectivity index (χ4n) is 2.38. The number of nitrogens with one attached hydrogen (secondary N) is 1. The molecule has 3 rings (SSSR count). The number of aromatic nitrogens is 4. The van der Waals surface area contributed by atoms with Crippen molar-refractivity contribution in [1.82, 2.24) is 25.2 Å². The maximum atomic E-state index is 5.31. The van der Waals surface area contributed by atoms with E-state index in [1.807, 2.05) is 35.1 Å². The molecule has 23 heavy (non-hydrogen) atoms. The fraction of sp³-hybridized carbons (Fsp3) is 0.353. The van der Waals surface area contributed by atoms with Crippen LogP contribution in [0.2, 0.25) is 0 Å². The van der Waals surface area contributed by atoms with Crippen molar-refractivity contribution in [1.29, 1.82) is 0 Å². The summed E-state index contributed by atoms with van der Waals surface area (Å²) in [5.74, 6) is 1.32. The molecule has 0 radical (unpaired) electrons. The summed E-state index contributed by atoms with van der Waals surface area (Å²) in [4.78, 5) is 4.44. The molecule has 120 valence electrons. The van der Waals surface area contributed by atoms with E-state index in [1.165, 1.54) is 5.56 Å². The molecule has 0 fully saturated rings. The van der Waals surface area contributed by atoms with Crippen LogP contribution in [0, 0.1) is 0 Å². The highest BCUT2D eigenvalue weighted by Gasteiger charge is 2.15. The Bertz CT molecular complexity index is 708. The lowest BCUT2D eigenvalue weighted by Crippen LogP contribution is -2.33. The van der Waals surface area contributed by atoms with Gasteiger partial charge < -0.3 is 9.84 Å². The van der Waals surface area contributed by atoms with E-state index in [0.717, 1.165) is 0 Å². The Labute approximate surface area is 135 Å². The normalized spacial score (nSPS) is 13.8. The van der Waals surface area contributed by atoms with Crippen molar-refractivity contribution in [2.24, 2.45) is 0 Å². The monoisotopic (exact) mass is 311 g/mol. The lowest BCUT2D eigenvalue weighted by atomic mass is 10.1. The molecule has 1 aromatic carbocycles. The molecule has 0 unspecified atom stereocenters. The Balaban J connectivity index is 1.53. The maximum absolute atomic E-state index is 5.31. The molecule has 2 heterocycles. The van der Waals surface area contributed by atoms with Gasteiger partial charge in [-0.2, -0.15) is 10.1 Å². The Morgan fingerprint density at radius 2 is 2.00 bits per heavy atom. The van der Waals surface area contributed by atoms with Gasteiger partial charge in [0.05, 0.1) is 12.6 Å². The first kappa shape index (κ1) is 15.4. The van der Waals surface area contributed by atoms with E-state index in [0.29, 0.717) is 24.7 Å². The van der Waals surface area contributed by atoms with Crippen molar-refractivity contribution in [3.8, 4) is 0 Å². The third-order valence-electron chi connectivity index (χ3n) is 3.96. The molecule has 0 saturated heterocycles. The number of hydrogen-bond acceptors (Lipinski definition) is 5. The van der Waals surface area contributed by atoms with Crippen LogP contribution in [0.3, 0.4) is 0 Å². The second-order valence-electron chi connectivity index (χ2n) is 5.66. The standard InChI is InChI=1S/C17H21N5O/c1-13(14(2)22-10-6-9-19-22)18-12-17-20-16(21-23-17)11-15-7-4-3-5-8-15/h3-10,13-14,18H,11-12H2,1-2H3/t13-,14+/m1/s1. The van der Waals surface area contributed by atoms with E-state index >= 15 is 0 Å². The van der Waals surface area contributed by atoms with E-state index in [2.05, 4.69) is 46.5 Å². The first-order valence-electron chi connectivity index (χ1n) is 7.80. The van der Waals surface area contributed by atoms with E-state index < -0.39 is 0 Å². The first-order chi connectivity index (χ1) is 11.2. The summed E-state index contributed by atoms with van der Waals surface area (Å²) in [5.41, 5.74) is 1.17. The molecular weight excluding hydrogens is 290 g/mol. The summed E-state index contributed by atoms with van der Waals surface area (Å²) < 4.78 is 7.25. The Morgan fingerprint density at radius 1 is 1.17 bits per heavy atom. The van der Waals surface area contributed by atoms with E-state index in [1.54, 1.807) is 6.20 Å². The summed E-state index contributed by atoms with van der Waals surface area (Å²) in [6.45, 7) is 4.79. The van der Waals surface area contributed by atoms with Crippen molar-refractivity contribution >= 4 is 0 Å². The molecule has 0 bridgehead atoms. The van der Waals surface area contributed by atoms with Gasteiger partial charge in [-0.05, 0) is 25.5 Å². The zero-order chi connectivity index (χ0) is 16.1. The van der Waals surface area contributed by atoms with Crippen LogP contribution in [0.4, 0.5) is 0 Å². The van der Waals surface area contributed by atoms with Crippen molar-refractivity contribution in [2.45, 2.75) is 38.9 Å². The third-order valence-corrected chi connectivity index (χ3v) is 3.96. The third kappa shape index (κ3) is 4.04. The lowest BCUT2D eigenvalue weighted by molar-refractivity contribution is 0.324. The van der Waals surface area contributed by atoms with Crippen molar-refractivity contribution in [2.75, 3.05) is 0 Å². The highest BCUT2D eigenvalue weighted by molar-refractivity contribution is 5.18. The van der Waals surface area contributed by atoms with Crippen LogP contribution in [0.25, 0.3) is 0 Å².